The van der Waals surface area contributed by atoms with Crippen LogP contribution in [0, 0.1) is 6.92 Å². The molecule has 0 radical (unpaired) electrons. The Morgan fingerprint density at radius 3 is 2.73 bits per heavy atom. The van der Waals surface area contributed by atoms with Gasteiger partial charge in [0.15, 0.2) is 5.13 Å². The molecule has 3 nitrogen and oxygen atoms in total. The van der Waals surface area contributed by atoms with Crippen molar-refractivity contribution in [3.05, 3.63) is 27.2 Å². The third-order valence-electron chi connectivity index (χ3n) is 1.97. The van der Waals surface area contributed by atoms with Crippen LogP contribution in [0.5, 0.6) is 0 Å². The maximum Gasteiger partial charge on any atom is 0.183 e. The van der Waals surface area contributed by atoms with E-state index >= 15 is 0 Å². The summed E-state index contributed by atoms with van der Waals surface area (Å²) < 4.78 is 0. The minimum atomic E-state index is 0.773. The fraction of sp³-hybridized carbons (Fsp3) is 0.400. The minimum absolute atomic E-state index is 0.773. The van der Waals surface area contributed by atoms with Gasteiger partial charge in [-0.3, -0.25) is 0 Å². The molecule has 2 aromatic rings. The summed E-state index contributed by atoms with van der Waals surface area (Å²) in [5.74, 6) is 0. The van der Waals surface area contributed by atoms with Gasteiger partial charge in [0.2, 0.25) is 0 Å². The summed E-state index contributed by atoms with van der Waals surface area (Å²) in [6, 6.07) is 0. The minimum Gasteiger partial charge on any atom is -0.355 e. The van der Waals surface area contributed by atoms with E-state index in [1.54, 1.807) is 22.7 Å². The molecule has 0 bridgehead atoms. The van der Waals surface area contributed by atoms with E-state index in [-0.39, 0.29) is 0 Å². The van der Waals surface area contributed by atoms with Gasteiger partial charge < -0.3 is 5.32 Å². The molecule has 15 heavy (non-hydrogen) atoms. The lowest BCUT2D eigenvalue weighted by Crippen LogP contribution is -1.98. The third kappa shape index (κ3) is 2.76. The highest BCUT2D eigenvalue weighted by molar-refractivity contribution is 7.13. The number of nitrogens with zero attached hydrogens (tertiary/aromatic N) is 2. The molecule has 0 saturated carbocycles. The van der Waals surface area contributed by atoms with Gasteiger partial charge in [-0.1, -0.05) is 6.92 Å². The molecule has 80 valence electrons. The van der Waals surface area contributed by atoms with E-state index < -0.39 is 0 Å². The molecular weight excluding hydrogens is 226 g/mol. The number of hydrogen-bond acceptors (Lipinski definition) is 5. The van der Waals surface area contributed by atoms with E-state index in [0.29, 0.717) is 0 Å². The van der Waals surface area contributed by atoms with Crippen LogP contribution in [0.15, 0.2) is 10.8 Å². The number of anilines is 1. The Bertz CT molecular complexity index is 433. The Morgan fingerprint density at radius 1 is 1.27 bits per heavy atom. The number of rotatable bonds is 4. The molecule has 2 aromatic heterocycles. The van der Waals surface area contributed by atoms with Crippen molar-refractivity contribution >= 4 is 27.8 Å². The van der Waals surface area contributed by atoms with Crippen molar-refractivity contribution in [1.82, 2.24) is 9.97 Å². The van der Waals surface area contributed by atoms with Crippen LogP contribution in [0.4, 0.5) is 5.13 Å². The van der Waals surface area contributed by atoms with Crippen molar-refractivity contribution in [2.24, 2.45) is 0 Å². The second kappa shape index (κ2) is 4.72. The molecule has 0 unspecified atom stereocenters. The second-order valence-corrected chi connectivity index (χ2v) is 5.03. The standard InChI is InChI=1S/C10H13N3S2/c1-3-8-6-15-10(13-8)11-4-9-12-7(2)5-14-9/h5-6H,3-4H2,1-2H3,(H,11,13). The first kappa shape index (κ1) is 10.6. The molecule has 1 N–H and O–H groups in total. The first-order chi connectivity index (χ1) is 7.28. The van der Waals surface area contributed by atoms with Gasteiger partial charge in [0.25, 0.3) is 0 Å². The summed E-state index contributed by atoms with van der Waals surface area (Å²) in [5.41, 5.74) is 2.24. The quantitative estimate of drug-likeness (QED) is 0.891. The van der Waals surface area contributed by atoms with Crippen LogP contribution in [0.3, 0.4) is 0 Å². The third-order valence-corrected chi connectivity index (χ3v) is 3.79. The highest BCUT2D eigenvalue weighted by atomic mass is 32.1. The monoisotopic (exact) mass is 239 g/mol. The van der Waals surface area contributed by atoms with Crippen LogP contribution < -0.4 is 5.32 Å². The van der Waals surface area contributed by atoms with E-state index in [1.807, 2.05) is 6.92 Å². The van der Waals surface area contributed by atoms with E-state index in [1.165, 1.54) is 0 Å². The van der Waals surface area contributed by atoms with Gasteiger partial charge in [0.05, 0.1) is 12.2 Å². The summed E-state index contributed by atoms with van der Waals surface area (Å²) in [6.07, 6.45) is 0.995. The largest absolute Gasteiger partial charge is 0.355 e. The highest BCUT2D eigenvalue weighted by Gasteiger charge is 2.01. The zero-order valence-corrected chi connectivity index (χ0v) is 10.4. The Balaban J connectivity index is 1.93. The molecular formula is C10H13N3S2. The Labute approximate surface area is 97.2 Å². The molecule has 0 aliphatic heterocycles. The molecule has 5 heteroatoms. The zero-order chi connectivity index (χ0) is 10.7. The van der Waals surface area contributed by atoms with Crippen LogP contribution in [-0.2, 0) is 13.0 Å². The van der Waals surface area contributed by atoms with E-state index in [0.717, 1.165) is 34.5 Å². The van der Waals surface area contributed by atoms with Crippen molar-refractivity contribution in [2.75, 3.05) is 5.32 Å². The summed E-state index contributed by atoms with van der Waals surface area (Å²) in [7, 11) is 0. The summed E-state index contributed by atoms with van der Waals surface area (Å²) in [4.78, 5) is 8.82. The lowest BCUT2D eigenvalue weighted by atomic mass is 10.4. The summed E-state index contributed by atoms with van der Waals surface area (Å²) in [5, 5.41) is 9.54. The van der Waals surface area contributed by atoms with Gasteiger partial charge in [-0.05, 0) is 13.3 Å². The van der Waals surface area contributed by atoms with E-state index in [9.17, 15) is 0 Å². The predicted molar refractivity (Wildman–Crippen MR) is 65.7 cm³/mol. The maximum absolute atomic E-state index is 4.43. The number of aromatic nitrogens is 2. The molecule has 0 atom stereocenters. The lowest BCUT2D eigenvalue weighted by molar-refractivity contribution is 1.03. The number of hydrogen-bond donors (Lipinski definition) is 1. The summed E-state index contributed by atoms with van der Waals surface area (Å²) >= 11 is 3.34. The normalized spacial score (nSPS) is 10.5. The van der Waals surface area contributed by atoms with Crippen molar-refractivity contribution in [2.45, 2.75) is 26.8 Å². The van der Waals surface area contributed by atoms with Gasteiger partial charge in [-0.25, -0.2) is 9.97 Å². The SMILES string of the molecule is CCc1csc(NCc2nc(C)cs2)n1. The average Bonchev–Trinajstić information content (AvgIpc) is 2.83. The number of thiazole rings is 2. The molecule has 0 aliphatic carbocycles. The van der Waals surface area contributed by atoms with Crippen LogP contribution in [0.1, 0.15) is 23.3 Å². The van der Waals surface area contributed by atoms with Crippen LogP contribution >= 0.6 is 22.7 Å². The van der Waals surface area contributed by atoms with E-state index in [4.69, 9.17) is 0 Å². The Morgan fingerprint density at radius 2 is 2.13 bits per heavy atom. The fourth-order valence-electron chi connectivity index (χ4n) is 1.19. The predicted octanol–water partition coefficient (Wildman–Crippen LogP) is 3.08. The number of aryl methyl sites for hydroxylation is 2. The van der Waals surface area contributed by atoms with Gasteiger partial charge >= 0.3 is 0 Å². The van der Waals surface area contributed by atoms with Gasteiger partial charge in [-0.15, -0.1) is 22.7 Å². The smallest absolute Gasteiger partial charge is 0.183 e. The van der Waals surface area contributed by atoms with Crippen molar-refractivity contribution in [3.63, 3.8) is 0 Å². The van der Waals surface area contributed by atoms with Gasteiger partial charge in [0, 0.05) is 16.5 Å². The van der Waals surface area contributed by atoms with Crippen LogP contribution in [-0.4, -0.2) is 9.97 Å². The van der Waals surface area contributed by atoms with Gasteiger partial charge in [0.1, 0.15) is 5.01 Å². The van der Waals surface area contributed by atoms with Crippen LogP contribution in [0.25, 0.3) is 0 Å². The first-order valence-electron chi connectivity index (χ1n) is 4.87. The van der Waals surface area contributed by atoms with Crippen LogP contribution in [0.2, 0.25) is 0 Å². The average molecular weight is 239 g/mol. The van der Waals surface area contributed by atoms with E-state index in [2.05, 4.69) is 33.0 Å². The van der Waals surface area contributed by atoms with Gasteiger partial charge in [-0.2, -0.15) is 0 Å². The molecule has 0 amide bonds. The molecule has 0 fully saturated rings. The lowest BCUT2D eigenvalue weighted by Gasteiger charge is -1.97. The molecule has 0 saturated heterocycles. The van der Waals surface area contributed by atoms with Crippen molar-refractivity contribution in [1.29, 1.82) is 0 Å². The molecule has 2 heterocycles. The van der Waals surface area contributed by atoms with Crippen molar-refractivity contribution in [3.8, 4) is 0 Å². The highest BCUT2D eigenvalue weighted by Crippen LogP contribution is 2.17. The fourth-order valence-corrected chi connectivity index (χ4v) is 2.69. The topological polar surface area (TPSA) is 37.8 Å². The molecule has 0 aliphatic rings. The number of nitrogens with one attached hydrogen (secondary N) is 1. The molecule has 0 aromatic carbocycles. The molecule has 2 rings (SSSR count). The first-order valence-corrected chi connectivity index (χ1v) is 6.63. The second-order valence-electron chi connectivity index (χ2n) is 3.23. The molecule has 0 spiro atoms. The van der Waals surface area contributed by atoms with Crippen molar-refractivity contribution < 1.29 is 0 Å². The Kier molecular flexibility index (Phi) is 3.33. The zero-order valence-electron chi connectivity index (χ0n) is 8.78. The Hall–Kier alpha value is -0.940. The summed E-state index contributed by atoms with van der Waals surface area (Å²) in [6.45, 7) is 4.90. The maximum atomic E-state index is 4.43.